The number of ether oxygens (including phenoxy) is 1. The summed E-state index contributed by atoms with van der Waals surface area (Å²) in [6.07, 6.45) is 9.19. The van der Waals surface area contributed by atoms with Crippen LogP contribution in [0.1, 0.15) is 50.9 Å². The molecule has 0 N–H and O–H groups in total. The van der Waals surface area contributed by atoms with Crippen LogP contribution >= 0.6 is 0 Å². The molecule has 0 saturated carbocycles. The van der Waals surface area contributed by atoms with E-state index in [0.29, 0.717) is 5.92 Å². The molecule has 1 heterocycles. The fourth-order valence-corrected chi connectivity index (χ4v) is 3.42. The molecule has 2 rings (SSSR count). The minimum atomic E-state index is -0.281. The van der Waals surface area contributed by atoms with Crippen LogP contribution in [0.2, 0.25) is 0 Å². The summed E-state index contributed by atoms with van der Waals surface area (Å²) in [5.74, 6) is 0.625. The van der Waals surface area contributed by atoms with Crippen LogP contribution in [-0.4, -0.2) is 17.2 Å². The number of hydrogen-bond donors (Lipinski definition) is 0. The molecule has 0 amide bonds. The molecule has 2 aromatic rings. The van der Waals surface area contributed by atoms with Crippen LogP contribution in [0.3, 0.4) is 0 Å². The molecule has 0 saturated heterocycles. The van der Waals surface area contributed by atoms with E-state index >= 15 is 0 Å². The third-order valence-corrected chi connectivity index (χ3v) is 5.24. The van der Waals surface area contributed by atoms with Crippen molar-refractivity contribution in [2.24, 2.45) is 5.92 Å². The van der Waals surface area contributed by atoms with Crippen molar-refractivity contribution in [1.29, 1.82) is 0 Å². The van der Waals surface area contributed by atoms with Gasteiger partial charge < -0.3 is 4.74 Å². The predicted octanol–water partition coefficient (Wildman–Crippen LogP) is 8.09. The topological polar surface area (TPSA) is 22.1 Å². The van der Waals surface area contributed by atoms with E-state index in [1.807, 2.05) is 30.4 Å². The summed E-state index contributed by atoms with van der Waals surface area (Å²) in [7, 11) is 0. The van der Waals surface area contributed by atoms with Gasteiger partial charge in [-0.05, 0) is 67.2 Å². The average Bonchev–Trinajstić information content (AvgIpc) is 2.76. The van der Waals surface area contributed by atoms with Crippen LogP contribution in [0.15, 0.2) is 86.5 Å². The number of benzene rings is 1. The lowest BCUT2D eigenvalue weighted by Gasteiger charge is -2.26. The predicted molar refractivity (Wildman–Crippen MR) is 140 cm³/mol. The van der Waals surface area contributed by atoms with E-state index in [0.717, 1.165) is 53.1 Å². The molecular weight excluding hydrogens is 390 g/mol. The highest BCUT2D eigenvalue weighted by Gasteiger charge is 2.21. The van der Waals surface area contributed by atoms with Gasteiger partial charge in [0.05, 0.1) is 17.0 Å². The molecule has 0 spiro atoms. The van der Waals surface area contributed by atoms with Crippen LogP contribution in [0.4, 0.5) is 0 Å². The summed E-state index contributed by atoms with van der Waals surface area (Å²) in [5.41, 5.74) is 6.50. The molecule has 2 nitrogen and oxygen atoms in total. The monoisotopic (exact) mass is 427 g/mol. The third-order valence-electron chi connectivity index (χ3n) is 5.24. The molecule has 1 aromatic carbocycles. The zero-order chi connectivity index (χ0) is 23.7. The largest absolute Gasteiger partial charge is 0.375 e. The first kappa shape index (κ1) is 25.3. The minimum Gasteiger partial charge on any atom is -0.375 e. The van der Waals surface area contributed by atoms with E-state index in [4.69, 9.17) is 9.72 Å². The van der Waals surface area contributed by atoms with Gasteiger partial charge in [-0.3, -0.25) is 0 Å². The first-order chi connectivity index (χ1) is 15.2. The average molecular weight is 428 g/mol. The van der Waals surface area contributed by atoms with Gasteiger partial charge in [-0.25, -0.2) is 4.98 Å². The Morgan fingerprint density at radius 3 is 2.47 bits per heavy atom. The zero-order valence-corrected chi connectivity index (χ0v) is 20.2. The molecule has 0 bridgehead atoms. The van der Waals surface area contributed by atoms with E-state index in [-0.39, 0.29) is 5.60 Å². The van der Waals surface area contributed by atoms with Crippen LogP contribution < -0.4 is 0 Å². The molecule has 2 heteroatoms. The smallest absolute Gasteiger partial charge is 0.0712 e. The van der Waals surface area contributed by atoms with Crippen molar-refractivity contribution in [3.8, 4) is 11.3 Å². The van der Waals surface area contributed by atoms with Crippen molar-refractivity contribution in [3.63, 3.8) is 0 Å². The molecule has 0 radical (unpaired) electrons. The Kier molecular flexibility index (Phi) is 9.16. The van der Waals surface area contributed by atoms with Crippen molar-refractivity contribution >= 4 is 11.6 Å². The highest BCUT2D eigenvalue weighted by atomic mass is 16.5. The van der Waals surface area contributed by atoms with E-state index in [2.05, 4.69) is 78.3 Å². The van der Waals surface area contributed by atoms with Gasteiger partial charge in [-0.2, -0.15) is 0 Å². The van der Waals surface area contributed by atoms with Crippen molar-refractivity contribution < 1.29 is 4.74 Å². The fraction of sp³-hybridized carbons (Fsp3) is 0.300. The van der Waals surface area contributed by atoms with E-state index in [9.17, 15) is 0 Å². The highest BCUT2D eigenvalue weighted by molar-refractivity contribution is 5.76. The molecule has 0 atom stereocenters. The van der Waals surface area contributed by atoms with E-state index in [1.54, 1.807) is 6.08 Å². The lowest BCUT2D eigenvalue weighted by molar-refractivity contribution is -0.0214. The molecule has 0 aliphatic heterocycles. The molecular formula is C30H37NO. The second-order valence-electron chi connectivity index (χ2n) is 9.13. The second-order valence-corrected chi connectivity index (χ2v) is 9.13. The Labute approximate surface area is 194 Å². The first-order valence-electron chi connectivity index (χ1n) is 11.2. The van der Waals surface area contributed by atoms with Crippen molar-refractivity contribution in [2.75, 3.05) is 6.61 Å². The molecule has 168 valence electrons. The maximum Gasteiger partial charge on any atom is 0.0712 e. The Morgan fingerprint density at radius 1 is 1.09 bits per heavy atom. The Balaban J connectivity index is 2.51. The lowest BCUT2D eigenvalue weighted by Crippen LogP contribution is -2.28. The molecule has 0 unspecified atom stereocenters. The summed E-state index contributed by atoms with van der Waals surface area (Å²) < 4.78 is 6.24. The summed E-state index contributed by atoms with van der Waals surface area (Å²) >= 11 is 0. The van der Waals surface area contributed by atoms with Gasteiger partial charge in [-0.15, -0.1) is 0 Å². The maximum atomic E-state index is 6.24. The fourth-order valence-electron chi connectivity index (χ4n) is 3.42. The van der Waals surface area contributed by atoms with Gasteiger partial charge in [0, 0.05) is 24.2 Å². The van der Waals surface area contributed by atoms with Gasteiger partial charge >= 0.3 is 0 Å². The van der Waals surface area contributed by atoms with Gasteiger partial charge in [0.2, 0.25) is 0 Å². The first-order valence-corrected chi connectivity index (χ1v) is 11.2. The summed E-state index contributed by atoms with van der Waals surface area (Å²) in [6.45, 7) is 25.2. The molecule has 0 aliphatic rings. The standard InChI is InChI=1S/C30H37NO/c1-9-23(6)17-26(11-3)28-19-25(21-30(7,8)32-16-15-22(4)5)20-29(31-28)27-14-12-13-24(10-2)18-27/h9-14,17-20,22H,1-3,6,15-16,21H2,4-5,7-8H3/b26-17+. The number of hydrogen-bond acceptors (Lipinski definition) is 2. The van der Waals surface area contributed by atoms with Crippen LogP contribution in [-0.2, 0) is 11.2 Å². The summed E-state index contributed by atoms with van der Waals surface area (Å²) in [5, 5.41) is 0. The van der Waals surface area contributed by atoms with Crippen molar-refractivity contribution in [2.45, 2.75) is 46.1 Å². The second kappa shape index (κ2) is 11.6. The van der Waals surface area contributed by atoms with Gasteiger partial charge in [0.15, 0.2) is 0 Å². The Hall–Kier alpha value is -2.97. The minimum absolute atomic E-state index is 0.281. The third kappa shape index (κ3) is 7.62. The van der Waals surface area contributed by atoms with Crippen LogP contribution in [0.5, 0.6) is 0 Å². The van der Waals surface area contributed by atoms with Gasteiger partial charge in [0.25, 0.3) is 0 Å². The van der Waals surface area contributed by atoms with E-state index < -0.39 is 0 Å². The number of allylic oxidation sites excluding steroid dienone is 5. The van der Waals surface area contributed by atoms with Crippen molar-refractivity contribution in [1.82, 2.24) is 4.98 Å². The Morgan fingerprint density at radius 2 is 1.84 bits per heavy atom. The molecule has 1 aromatic heterocycles. The normalized spacial score (nSPS) is 12.0. The quantitative estimate of drug-likeness (QED) is 0.319. The summed E-state index contributed by atoms with van der Waals surface area (Å²) in [6, 6.07) is 12.5. The number of rotatable bonds is 12. The van der Waals surface area contributed by atoms with Gasteiger partial charge in [-0.1, -0.05) is 76.6 Å². The van der Waals surface area contributed by atoms with E-state index in [1.165, 1.54) is 5.56 Å². The zero-order valence-electron chi connectivity index (χ0n) is 20.2. The van der Waals surface area contributed by atoms with Gasteiger partial charge in [0.1, 0.15) is 0 Å². The van der Waals surface area contributed by atoms with Crippen molar-refractivity contribution in [3.05, 3.63) is 103 Å². The number of nitrogens with zero attached hydrogens (tertiary/aromatic N) is 1. The molecule has 32 heavy (non-hydrogen) atoms. The molecule has 0 aliphatic carbocycles. The molecule has 0 fully saturated rings. The lowest BCUT2D eigenvalue weighted by atomic mass is 9.95. The van der Waals surface area contributed by atoms with Crippen LogP contribution in [0.25, 0.3) is 22.9 Å². The SMILES string of the molecule is C=CC(=C)/C=C(\C=C)c1cc(CC(C)(C)OCCC(C)C)cc(-c2cccc(C=C)c2)n1. The summed E-state index contributed by atoms with van der Waals surface area (Å²) in [4.78, 5) is 4.96. The highest BCUT2D eigenvalue weighted by Crippen LogP contribution is 2.28. The number of aromatic nitrogens is 1. The maximum absolute atomic E-state index is 6.24. The Bertz CT molecular complexity index is 1010. The number of pyridine rings is 1. The van der Waals surface area contributed by atoms with Crippen LogP contribution in [0, 0.1) is 5.92 Å².